The van der Waals surface area contributed by atoms with Crippen LogP contribution in [-0.4, -0.2) is 48.7 Å². The second kappa shape index (κ2) is 14.6. The van der Waals surface area contributed by atoms with Crippen molar-refractivity contribution in [2.45, 2.75) is 19.8 Å². The quantitative estimate of drug-likeness (QED) is 0.100. The molecule has 0 fully saturated rings. The van der Waals surface area contributed by atoms with E-state index in [4.69, 9.17) is 19.3 Å². The minimum atomic E-state index is -0.614. The number of benzene rings is 3. The first-order valence-corrected chi connectivity index (χ1v) is 13.7. The first kappa shape index (κ1) is 30.7. The number of carbonyl (C=O) groups excluding carboxylic acids is 4. The molecule has 9 nitrogen and oxygen atoms in total. The molecule has 1 N–H and O–H groups in total. The first-order valence-electron chi connectivity index (χ1n) is 13.7. The molecular weight excluding hydrogens is 550 g/mol. The van der Waals surface area contributed by atoms with Crippen LogP contribution < -0.4 is 14.4 Å². The van der Waals surface area contributed by atoms with Gasteiger partial charge in [-0.25, -0.2) is 14.5 Å². The standard InChI is InChI=1S/C34H31NO8/c1-3-24-21-27(26-7-12-29(13-8-26)41-19-4-20-42-34(40)23(2)22-36)6-5-25(24)9-18-33(39)43-30-14-10-28(11-15-30)35-31(37)16-17-32(35)38/h5-18,21,36H,2-4,19-20,22H2,1H3/b18-9+. The Labute approximate surface area is 249 Å². The van der Waals surface area contributed by atoms with Crippen LogP contribution in [0.1, 0.15) is 24.5 Å². The zero-order valence-corrected chi connectivity index (χ0v) is 23.7. The van der Waals surface area contributed by atoms with Crippen LogP contribution in [0.25, 0.3) is 17.2 Å². The molecule has 0 bridgehead atoms. The molecule has 0 saturated carbocycles. The highest BCUT2D eigenvalue weighted by Crippen LogP contribution is 2.26. The maximum absolute atomic E-state index is 12.4. The highest BCUT2D eigenvalue weighted by Gasteiger charge is 2.25. The van der Waals surface area contributed by atoms with Crippen LogP contribution in [0, 0.1) is 0 Å². The molecule has 0 radical (unpaired) electrons. The summed E-state index contributed by atoms with van der Waals surface area (Å²) in [5.74, 6) is -1.03. The lowest BCUT2D eigenvalue weighted by molar-refractivity contribution is -0.139. The number of hydrogen-bond donors (Lipinski definition) is 1. The molecule has 0 aliphatic carbocycles. The Bertz CT molecular complexity index is 1550. The van der Waals surface area contributed by atoms with Crippen molar-refractivity contribution < 1.29 is 38.5 Å². The van der Waals surface area contributed by atoms with E-state index in [1.807, 2.05) is 43.3 Å². The summed E-state index contributed by atoms with van der Waals surface area (Å²) in [5.41, 5.74) is 4.38. The second-order valence-corrected chi connectivity index (χ2v) is 9.48. The molecule has 1 aliphatic rings. The summed E-state index contributed by atoms with van der Waals surface area (Å²) >= 11 is 0. The van der Waals surface area contributed by atoms with Gasteiger partial charge in [0.1, 0.15) is 11.5 Å². The zero-order valence-electron chi connectivity index (χ0n) is 23.7. The summed E-state index contributed by atoms with van der Waals surface area (Å²) in [6.45, 7) is 5.56. The fourth-order valence-electron chi connectivity index (χ4n) is 4.20. The molecule has 0 spiro atoms. The number of anilines is 1. The van der Waals surface area contributed by atoms with Gasteiger partial charge in [-0.3, -0.25) is 9.59 Å². The highest BCUT2D eigenvalue weighted by atomic mass is 16.5. The van der Waals surface area contributed by atoms with Gasteiger partial charge in [0.05, 0.1) is 31.1 Å². The minimum absolute atomic E-state index is 0.0179. The number of imide groups is 1. The van der Waals surface area contributed by atoms with Crippen LogP contribution in [0.4, 0.5) is 5.69 Å². The maximum atomic E-state index is 12.4. The van der Waals surface area contributed by atoms with E-state index in [1.54, 1.807) is 18.2 Å². The van der Waals surface area contributed by atoms with Crippen molar-refractivity contribution >= 4 is 35.5 Å². The summed E-state index contributed by atoms with van der Waals surface area (Å²) in [5, 5.41) is 8.87. The number of amides is 2. The van der Waals surface area contributed by atoms with Crippen molar-refractivity contribution in [1.82, 2.24) is 0 Å². The predicted octanol–water partition coefficient (Wildman–Crippen LogP) is 4.82. The van der Waals surface area contributed by atoms with Crippen molar-refractivity contribution in [2.24, 2.45) is 0 Å². The summed E-state index contributed by atoms with van der Waals surface area (Å²) in [6, 6.07) is 19.8. The van der Waals surface area contributed by atoms with E-state index in [9.17, 15) is 19.2 Å². The van der Waals surface area contributed by atoms with Crippen LogP contribution >= 0.6 is 0 Å². The summed E-state index contributed by atoms with van der Waals surface area (Å²) < 4.78 is 16.1. The predicted molar refractivity (Wildman–Crippen MR) is 161 cm³/mol. The number of aliphatic hydroxyl groups is 1. The fourth-order valence-corrected chi connectivity index (χ4v) is 4.20. The third-order valence-corrected chi connectivity index (χ3v) is 6.50. The average molecular weight is 582 g/mol. The lowest BCUT2D eigenvalue weighted by atomic mass is 9.97. The normalized spacial score (nSPS) is 12.6. The number of ether oxygens (including phenoxy) is 3. The van der Waals surface area contributed by atoms with Crippen molar-refractivity contribution in [2.75, 3.05) is 24.7 Å². The summed E-state index contributed by atoms with van der Waals surface area (Å²) in [7, 11) is 0. The Kier molecular flexibility index (Phi) is 10.4. The molecule has 0 atom stereocenters. The fraction of sp³-hybridized carbons (Fsp3) is 0.176. The molecule has 1 aliphatic heterocycles. The van der Waals surface area contributed by atoms with Crippen LogP contribution in [0.5, 0.6) is 11.5 Å². The molecule has 0 aromatic heterocycles. The summed E-state index contributed by atoms with van der Waals surface area (Å²) in [6.07, 6.45) is 6.73. The molecule has 3 aromatic rings. The number of hydrogen-bond acceptors (Lipinski definition) is 8. The molecule has 43 heavy (non-hydrogen) atoms. The lowest BCUT2D eigenvalue weighted by Gasteiger charge is -2.13. The largest absolute Gasteiger partial charge is 0.493 e. The second-order valence-electron chi connectivity index (χ2n) is 9.48. The monoisotopic (exact) mass is 581 g/mol. The average Bonchev–Trinajstić information content (AvgIpc) is 3.37. The minimum Gasteiger partial charge on any atom is -0.493 e. The van der Waals surface area contributed by atoms with Crippen molar-refractivity contribution in [1.29, 1.82) is 0 Å². The van der Waals surface area contributed by atoms with Gasteiger partial charge in [-0.15, -0.1) is 0 Å². The summed E-state index contributed by atoms with van der Waals surface area (Å²) in [4.78, 5) is 48.6. The van der Waals surface area contributed by atoms with Crippen LogP contribution in [0.2, 0.25) is 0 Å². The molecular formula is C34H31NO8. The van der Waals surface area contributed by atoms with Crippen LogP contribution in [0.3, 0.4) is 0 Å². The van der Waals surface area contributed by atoms with Gasteiger partial charge in [0.2, 0.25) is 0 Å². The van der Waals surface area contributed by atoms with Crippen LogP contribution in [-0.2, 0) is 30.3 Å². The number of aliphatic hydroxyl groups excluding tert-OH is 1. The SMILES string of the molecule is C=C(CO)C(=O)OCCCOc1ccc(-c2ccc(/C=C/C(=O)Oc3ccc(N4C(=O)C=CC4=O)cc3)c(CC)c2)cc1. The molecule has 0 saturated heterocycles. The van der Waals surface area contributed by atoms with Gasteiger partial charge in [0.25, 0.3) is 11.8 Å². The van der Waals surface area contributed by atoms with E-state index >= 15 is 0 Å². The molecule has 4 rings (SSSR count). The van der Waals surface area contributed by atoms with Gasteiger partial charge in [0.15, 0.2) is 0 Å². The Morgan fingerprint density at radius 3 is 2.19 bits per heavy atom. The van der Waals surface area contributed by atoms with E-state index in [-0.39, 0.29) is 17.9 Å². The van der Waals surface area contributed by atoms with Gasteiger partial charge in [-0.05, 0) is 71.1 Å². The van der Waals surface area contributed by atoms with Gasteiger partial charge in [0, 0.05) is 24.6 Å². The third-order valence-electron chi connectivity index (χ3n) is 6.50. The van der Waals surface area contributed by atoms with E-state index in [0.29, 0.717) is 24.5 Å². The van der Waals surface area contributed by atoms with Crippen LogP contribution in [0.15, 0.2) is 97.1 Å². The topological polar surface area (TPSA) is 119 Å². The number of aryl methyl sites for hydroxylation is 1. The Morgan fingerprint density at radius 1 is 0.884 bits per heavy atom. The van der Waals surface area contributed by atoms with Gasteiger partial charge >= 0.3 is 11.9 Å². The molecule has 3 aromatic carbocycles. The Hall–Kier alpha value is -5.28. The highest BCUT2D eigenvalue weighted by molar-refractivity contribution is 6.28. The zero-order chi connectivity index (χ0) is 30.8. The molecule has 9 heteroatoms. The van der Waals surface area contributed by atoms with Gasteiger partial charge in [-0.1, -0.05) is 43.8 Å². The van der Waals surface area contributed by atoms with Gasteiger partial charge in [-0.2, -0.15) is 0 Å². The van der Waals surface area contributed by atoms with E-state index < -0.39 is 30.4 Å². The third kappa shape index (κ3) is 8.15. The maximum Gasteiger partial charge on any atom is 0.336 e. The van der Waals surface area contributed by atoms with Crippen molar-refractivity contribution in [3.05, 3.63) is 108 Å². The number of esters is 2. The lowest BCUT2D eigenvalue weighted by Crippen LogP contribution is -2.29. The Morgan fingerprint density at radius 2 is 1.53 bits per heavy atom. The van der Waals surface area contributed by atoms with Crippen molar-refractivity contribution in [3.63, 3.8) is 0 Å². The number of nitrogens with zero attached hydrogens (tertiary/aromatic N) is 1. The van der Waals surface area contributed by atoms with Gasteiger partial charge < -0.3 is 19.3 Å². The Balaban J connectivity index is 1.30. The molecule has 2 amide bonds. The first-order chi connectivity index (χ1) is 20.8. The van der Waals surface area contributed by atoms with E-state index in [2.05, 4.69) is 12.6 Å². The van der Waals surface area contributed by atoms with Crippen molar-refractivity contribution in [3.8, 4) is 22.6 Å². The molecule has 1 heterocycles. The molecule has 0 unspecified atom stereocenters. The molecule has 220 valence electrons. The number of carbonyl (C=O) groups is 4. The smallest absolute Gasteiger partial charge is 0.336 e. The van der Waals surface area contributed by atoms with E-state index in [1.165, 1.54) is 30.4 Å². The van der Waals surface area contributed by atoms with E-state index in [0.717, 1.165) is 33.6 Å². The number of rotatable bonds is 13.